The summed E-state index contributed by atoms with van der Waals surface area (Å²) in [4.78, 5) is 18.3. The van der Waals surface area contributed by atoms with Gasteiger partial charge in [0.2, 0.25) is 0 Å². The van der Waals surface area contributed by atoms with Crippen molar-refractivity contribution in [1.29, 1.82) is 0 Å². The van der Waals surface area contributed by atoms with Crippen molar-refractivity contribution in [3.8, 4) is 0 Å². The molecule has 1 saturated heterocycles. The molecule has 1 aliphatic rings. The van der Waals surface area contributed by atoms with Crippen LogP contribution in [0.1, 0.15) is 24.6 Å². The van der Waals surface area contributed by atoms with Crippen LogP contribution in [0, 0.1) is 0 Å². The Morgan fingerprint density at radius 1 is 1.50 bits per heavy atom. The normalized spacial score (nSPS) is 18.4. The van der Waals surface area contributed by atoms with Crippen LogP contribution >= 0.6 is 15.9 Å². The van der Waals surface area contributed by atoms with Crippen molar-refractivity contribution in [3.63, 3.8) is 0 Å². The number of hydrogen-bond acceptors (Lipinski definition) is 3. The topological polar surface area (TPSA) is 55.0 Å². The largest absolute Gasteiger partial charge is 0.381 e. The van der Waals surface area contributed by atoms with E-state index in [4.69, 9.17) is 4.74 Å². The zero-order chi connectivity index (χ0) is 9.97. The summed E-state index contributed by atoms with van der Waals surface area (Å²) in [6.07, 6.45) is 3.43. The summed E-state index contributed by atoms with van der Waals surface area (Å²) in [5, 5.41) is 0. The molecule has 0 radical (unpaired) electrons. The number of nitrogens with one attached hydrogen (secondary N) is 1. The Balaban J connectivity index is 2.23. The van der Waals surface area contributed by atoms with Crippen LogP contribution in [0.2, 0.25) is 0 Å². The Hall–Kier alpha value is -0.680. The van der Waals surface area contributed by atoms with Crippen molar-refractivity contribution in [2.45, 2.75) is 18.8 Å². The number of ether oxygens (including phenoxy) is 1. The van der Waals surface area contributed by atoms with Gasteiger partial charge < -0.3 is 9.72 Å². The molecule has 2 rings (SSSR count). The molecule has 1 aliphatic heterocycles. The van der Waals surface area contributed by atoms with Crippen molar-refractivity contribution >= 4 is 15.9 Å². The monoisotopic (exact) mass is 258 g/mol. The molecule has 76 valence electrons. The summed E-state index contributed by atoms with van der Waals surface area (Å²) < 4.78 is 5.73. The standard InChI is InChI=1S/C9H11BrN2O2/c10-7-5-11-8(12-9(7)13)6-1-3-14-4-2-6/h5-6H,1-4H2,(H,11,12,13). The molecule has 4 nitrogen and oxygen atoms in total. The molecule has 0 amide bonds. The minimum atomic E-state index is -0.110. The highest BCUT2D eigenvalue weighted by Gasteiger charge is 2.18. The Morgan fingerprint density at radius 2 is 2.21 bits per heavy atom. The maximum absolute atomic E-state index is 11.3. The average molecular weight is 259 g/mol. The van der Waals surface area contributed by atoms with Gasteiger partial charge in [-0.15, -0.1) is 0 Å². The van der Waals surface area contributed by atoms with E-state index in [2.05, 4.69) is 25.9 Å². The number of halogens is 1. The van der Waals surface area contributed by atoms with Gasteiger partial charge in [-0.2, -0.15) is 0 Å². The third-order valence-electron chi connectivity index (χ3n) is 2.38. The fourth-order valence-electron chi connectivity index (χ4n) is 1.57. The van der Waals surface area contributed by atoms with Crippen LogP contribution in [0.15, 0.2) is 15.5 Å². The van der Waals surface area contributed by atoms with Crippen molar-refractivity contribution in [2.24, 2.45) is 0 Å². The van der Waals surface area contributed by atoms with E-state index < -0.39 is 0 Å². The highest BCUT2D eigenvalue weighted by molar-refractivity contribution is 9.10. The van der Waals surface area contributed by atoms with Crippen LogP contribution in [0.3, 0.4) is 0 Å². The quantitative estimate of drug-likeness (QED) is 0.829. The highest BCUT2D eigenvalue weighted by Crippen LogP contribution is 2.23. The molecule has 1 aromatic rings. The van der Waals surface area contributed by atoms with Gasteiger partial charge in [-0.3, -0.25) is 4.79 Å². The van der Waals surface area contributed by atoms with Crippen molar-refractivity contribution in [1.82, 2.24) is 9.97 Å². The van der Waals surface area contributed by atoms with Gasteiger partial charge in [0.05, 0.1) is 0 Å². The third kappa shape index (κ3) is 2.04. The van der Waals surface area contributed by atoms with Crippen molar-refractivity contribution in [2.75, 3.05) is 13.2 Å². The van der Waals surface area contributed by atoms with Crippen LogP contribution in [0.25, 0.3) is 0 Å². The molecule has 1 fully saturated rings. The smallest absolute Gasteiger partial charge is 0.265 e. The maximum Gasteiger partial charge on any atom is 0.265 e. The SMILES string of the molecule is O=c1[nH]c(C2CCOCC2)ncc1Br. The molecule has 14 heavy (non-hydrogen) atoms. The molecule has 0 bridgehead atoms. The van der Waals surface area contributed by atoms with Crippen LogP contribution in [-0.4, -0.2) is 23.2 Å². The van der Waals surface area contributed by atoms with Gasteiger partial charge in [0.15, 0.2) is 0 Å². The van der Waals surface area contributed by atoms with E-state index in [1.807, 2.05) is 0 Å². The van der Waals surface area contributed by atoms with E-state index in [9.17, 15) is 4.79 Å². The predicted molar refractivity (Wildman–Crippen MR) is 55.4 cm³/mol. The highest BCUT2D eigenvalue weighted by atomic mass is 79.9. The third-order valence-corrected chi connectivity index (χ3v) is 2.95. The second-order valence-corrected chi connectivity index (χ2v) is 4.19. The minimum absolute atomic E-state index is 0.110. The summed E-state index contributed by atoms with van der Waals surface area (Å²) in [6, 6.07) is 0. The molecule has 5 heteroatoms. The van der Waals surface area contributed by atoms with E-state index in [0.29, 0.717) is 10.4 Å². The van der Waals surface area contributed by atoms with Crippen LogP contribution < -0.4 is 5.56 Å². The fraction of sp³-hybridized carbons (Fsp3) is 0.556. The first-order valence-corrected chi connectivity index (χ1v) is 5.39. The molecule has 0 saturated carbocycles. The number of aromatic amines is 1. The Morgan fingerprint density at radius 3 is 2.86 bits per heavy atom. The number of rotatable bonds is 1. The number of H-pyrrole nitrogens is 1. The van der Waals surface area contributed by atoms with Crippen molar-refractivity contribution in [3.05, 3.63) is 26.8 Å². The van der Waals surface area contributed by atoms with E-state index in [1.54, 1.807) is 6.20 Å². The molecule has 0 unspecified atom stereocenters. The first-order valence-electron chi connectivity index (χ1n) is 4.60. The summed E-state index contributed by atoms with van der Waals surface area (Å²) in [6.45, 7) is 1.51. The number of nitrogens with zero attached hydrogens (tertiary/aromatic N) is 1. The maximum atomic E-state index is 11.3. The van der Waals surface area contributed by atoms with Gasteiger partial charge in [-0.05, 0) is 28.8 Å². The number of hydrogen-bond donors (Lipinski definition) is 1. The Kier molecular flexibility index (Phi) is 2.98. The predicted octanol–water partition coefficient (Wildman–Crippen LogP) is 1.43. The molecule has 1 aromatic heterocycles. The van der Waals surface area contributed by atoms with E-state index in [0.717, 1.165) is 31.9 Å². The van der Waals surface area contributed by atoms with Gasteiger partial charge in [-0.1, -0.05) is 0 Å². The summed E-state index contributed by atoms with van der Waals surface area (Å²) in [5.41, 5.74) is -0.110. The first kappa shape index (κ1) is 9.86. The molecule has 0 spiro atoms. The molecule has 0 atom stereocenters. The van der Waals surface area contributed by atoms with Gasteiger partial charge in [0, 0.05) is 25.3 Å². The van der Waals surface area contributed by atoms with E-state index >= 15 is 0 Å². The minimum Gasteiger partial charge on any atom is -0.381 e. The van der Waals surface area contributed by atoms with Crippen LogP contribution in [-0.2, 0) is 4.74 Å². The Labute approximate surface area is 89.8 Å². The van der Waals surface area contributed by atoms with E-state index in [-0.39, 0.29) is 5.56 Å². The van der Waals surface area contributed by atoms with Crippen LogP contribution in [0.5, 0.6) is 0 Å². The fourth-order valence-corrected chi connectivity index (χ4v) is 1.77. The first-order chi connectivity index (χ1) is 6.77. The molecular formula is C9H11BrN2O2. The van der Waals surface area contributed by atoms with Crippen molar-refractivity contribution < 1.29 is 4.74 Å². The summed E-state index contributed by atoms with van der Waals surface area (Å²) in [5.74, 6) is 1.12. The molecule has 0 aliphatic carbocycles. The zero-order valence-electron chi connectivity index (χ0n) is 7.62. The molecule has 1 N–H and O–H groups in total. The Bertz CT molecular complexity index is 371. The lowest BCUT2D eigenvalue weighted by Gasteiger charge is -2.20. The zero-order valence-corrected chi connectivity index (χ0v) is 9.21. The molecular weight excluding hydrogens is 248 g/mol. The summed E-state index contributed by atoms with van der Waals surface area (Å²) in [7, 11) is 0. The van der Waals surface area contributed by atoms with Gasteiger partial charge in [-0.25, -0.2) is 4.98 Å². The lowest BCUT2D eigenvalue weighted by Crippen LogP contribution is -2.20. The second-order valence-electron chi connectivity index (χ2n) is 3.33. The second kappa shape index (κ2) is 4.23. The van der Waals surface area contributed by atoms with Gasteiger partial charge in [0.25, 0.3) is 5.56 Å². The molecule has 2 heterocycles. The van der Waals surface area contributed by atoms with E-state index in [1.165, 1.54) is 0 Å². The lowest BCUT2D eigenvalue weighted by molar-refractivity contribution is 0.0835. The van der Waals surface area contributed by atoms with Gasteiger partial charge >= 0.3 is 0 Å². The summed E-state index contributed by atoms with van der Waals surface area (Å²) >= 11 is 3.12. The lowest BCUT2D eigenvalue weighted by atomic mass is 10.00. The number of aromatic nitrogens is 2. The van der Waals surface area contributed by atoms with Gasteiger partial charge in [0.1, 0.15) is 10.3 Å². The average Bonchev–Trinajstić information content (AvgIpc) is 2.23. The molecule has 0 aromatic carbocycles. The van der Waals surface area contributed by atoms with Crippen LogP contribution in [0.4, 0.5) is 0 Å².